The van der Waals surface area contributed by atoms with Gasteiger partial charge in [0.2, 0.25) is 0 Å². The highest BCUT2D eigenvalue weighted by molar-refractivity contribution is 5.92. The fourth-order valence-electron chi connectivity index (χ4n) is 2.18. The molecule has 0 saturated carbocycles. The van der Waals surface area contributed by atoms with E-state index in [4.69, 9.17) is 5.11 Å². The zero-order valence-corrected chi connectivity index (χ0v) is 11.1. The summed E-state index contributed by atoms with van der Waals surface area (Å²) in [7, 11) is 0. The summed E-state index contributed by atoms with van der Waals surface area (Å²) in [6.45, 7) is 4.67. The Bertz CT molecular complexity index is 604. The van der Waals surface area contributed by atoms with Crippen LogP contribution in [0.5, 0.6) is 0 Å². The van der Waals surface area contributed by atoms with Gasteiger partial charge in [-0.15, -0.1) is 0 Å². The number of aromatic nitrogens is 2. The lowest BCUT2D eigenvalue weighted by Gasteiger charge is -2.11. The van der Waals surface area contributed by atoms with Crippen LogP contribution in [-0.4, -0.2) is 32.3 Å². The second-order valence-electron chi connectivity index (χ2n) is 4.66. The predicted molar refractivity (Wildman–Crippen MR) is 72.5 cm³/mol. The first-order chi connectivity index (χ1) is 9.08. The number of imidazole rings is 1. The van der Waals surface area contributed by atoms with Gasteiger partial charge in [0.15, 0.2) is 0 Å². The molecule has 0 amide bonds. The molecule has 0 spiro atoms. The third kappa shape index (κ3) is 2.46. The van der Waals surface area contributed by atoms with Crippen molar-refractivity contribution in [2.75, 3.05) is 6.61 Å². The van der Waals surface area contributed by atoms with E-state index >= 15 is 0 Å². The van der Waals surface area contributed by atoms with Gasteiger partial charge in [-0.25, -0.2) is 9.78 Å². The lowest BCUT2D eigenvalue weighted by atomic mass is 10.1. The standard InChI is InChI=1S/C14H18N2O3/c1-3-9(2)13-15-11-8-10(14(18)19)4-5-12(11)16(13)6-7-17/h4-5,8-9,17H,3,6-7H2,1-2H3,(H,18,19)/t9-/m1/s1. The van der Waals surface area contributed by atoms with Gasteiger partial charge in [0.25, 0.3) is 0 Å². The summed E-state index contributed by atoms with van der Waals surface area (Å²) < 4.78 is 1.97. The van der Waals surface area contributed by atoms with E-state index in [1.165, 1.54) is 0 Å². The second-order valence-corrected chi connectivity index (χ2v) is 4.66. The number of hydrogen-bond acceptors (Lipinski definition) is 3. The molecule has 0 fully saturated rings. The number of hydrogen-bond donors (Lipinski definition) is 2. The molecule has 19 heavy (non-hydrogen) atoms. The first-order valence-electron chi connectivity index (χ1n) is 6.42. The van der Waals surface area contributed by atoms with Gasteiger partial charge in [-0.05, 0) is 24.6 Å². The van der Waals surface area contributed by atoms with Gasteiger partial charge in [-0.2, -0.15) is 0 Å². The Morgan fingerprint density at radius 1 is 1.47 bits per heavy atom. The van der Waals surface area contributed by atoms with E-state index in [-0.39, 0.29) is 18.1 Å². The van der Waals surface area contributed by atoms with Crippen molar-refractivity contribution in [2.45, 2.75) is 32.7 Å². The fraction of sp³-hybridized carbons (Fsp3) is 0.429. The van der Waals surface area contributed by atoms with Crippen molar-refractivity contribution in [1.82, 2.24) is 9.55 Å². The molecule has 0 aliphatic carbocycles. The van der Waals surface area contributed by atoms with Crippen LogP contribution < -0.4 is 0 Å². The summed E-state index contributed by atoms with van der Waals surface area (Å²) in [6.07, 6.45) is 0.945. The van der Waals surface area contributed by atoms with E-state index in [9.17, 15) is 9.90 Å². The van der Waals surface area contributed by atoms with Crippen molar-refractivity contribution in [3.63, 3.8) is 0 Å². The monoisotopic (exact) mass is 262 g/mol. The summed E-state index contributed by atoms with van der Waals surface area (Å²) >= 11 is 0. The first-order valence-corrected chi connectivity index (χ1v) is 6.42. The number of benzene rings is 1. The molecule has 2 N–H and O–H groups in total. The summed E-state index contributed by atoms with van der Waals surface area (Å²) in [4.78, 5) is 15.5. The molecule has 5 nitrogen and oxygen atoms in total. The van der Waals surface area contributed by atoms with Crippen LogP contribution in [-0.2, 0) is 6.54 Å². The van der Waals surface area contributed by atoms with Crippen LogP contribution in [0.25, 0.3) is 11.0 Å². The zero-order valence-electron chi connectivity index (χ0n) is 11.1. The topological polar surface area (TPSA) is 75.3 Å². The number of aliphatic hydroxyl groups excluding tert-OH is 1. The lowest BCUT2D eigenvalue weighted by molar-refractivity contribution is 0.0697. The largest absolute Gasteiger partial charge is 0.478 e. The third-order valence-corrected chi connectivity index (χ3v) is 3.40. The number of nitrogens with zero attached hydrogens (tertiary/aromatic N) is 2. The molecule has 1 aromatic carbocycles. The van der Waals surface area contributed by atoms with Crippen molar-refractivity contribution in [3.8, 4) is 0 Å². The minimum atomic E-state index is -0.955. The molecule has 0 aliphatic heterocycles. The Kier molecular flexibility index (Phi) is 3.85. The number of rotatable bonds is 5. The van der Waals surface area contributed by atoms with Crippen LogP contribution in [0.1, 0.15) is 42.4 Å². The maximum atomic E-state index is 11.0. The number of fused-ring (bicyclic) bond motifs is 1. The summed E-state index contributed by atoms with van der Waals surface area (Å²) in [6, 6.07) is 4.91. The van der Waals surface area contributed by atoms with E-state index < -0.39 is 5.97 Å². The molecule has 0 saturated heterocycles. The van der Waals surface area contributed by atoms with Crippen molar-refractivity contribution >= 4 is 17.0 Å². The zero-order chi connectivity index (χ0) is 14.0. The summed E-state index contributed by atoms with van der Waals surface area (Å²) in [5.74, 6) is 0.213. The normalized spacial score (nSPS) is 12.8. The van der Waals surface area contributed by atoms with Crippen molar-refractivity contribution in [2.24, 2.45) is 0 Å². The number of aliphatic hydroxyl groups is 1. The highest BCUT2D eigenvalue weighted by Crippen LogP contribution is 2.24. The number of carbonyl (C=O) groups is 1. The molecule has 0 bridgehead atoms. The minimum absolute atomic E-state index is 0.0373. The van der Waals surface area contributed by atoms with Gasteiger partial charge in [-0.3, -0.25) is 0 Å². The smallest absolute Gasteiger partial charge is 0.335 e. The van der Waals surface area contributed by atoms with Crippen molar-refractivity contribution in [1.29, 1.82) is 0 Å². The predicted octanol–water partition coefficient (Wildman–Crippen LogP) is 2.24. The Morgan fingerprint density at radius 2 is 2.21 bits per heavy atom. The Morgan fingerprint density at radius 3 is 2.79 bits per heavy atom. The van der Waals surface area contributed by atoms with Crippen LogP contribution in [0.15, 0.2) is 18.2 Å². The first kappa shape index (κ1) is 13.5. The van der Waals surface area contributed by atoms with Crippen molar-refractivity contribution < 1.29 is 15.0 Å². The quantitative estimate of drug-likeness (QED) is 0.866. The van der Waals surface area contributed by atoms with Gasteiger partial charge < -0.3 is 14.8 Å². The van der Waals surface area contributed by atoms with Crippen LogP contribution in [0.2, 0.25) is 0 Å². The molecule has 102 valence electrons. The van der Waals surface area contributed by atoms with Crippen LogP contribution >= 0.6 is 0 Å². The van der Waals surface area contributed by atoms with Crippen LogP contribution in [0.4, 0.5) is 0 Å². The summed E-state index contributed by atoms with van der Waals surface area (Å²) in [5.41, 5.74) is 1.77. The van der Waals surface area contributed by atoms with Crippen molar-refractivity contribution in [3.05, 3.63) is 29.6 Å². The molecule has 2 rings (SSSR count). The van der Waals surface area contributed by atoms with E-state index in [0.717, 1.165) is 17.8 Å². The van der Waals surface area contributed by atoms with Gasteiger partial charge >= 0.3 is 5.97 Å². The lowest BCUT2D eigenvalue weighted by Crippen LogP contribution is -2.09. The minimum Gasteiger partial charge on any atom is -0.478 e. The Labute approximate surface area is 111 Å². The van der Waals surface area contributed by atoms with Crippen LogP contribution in [0.3, 0.4) is 0 Å². The molecule has 1 heterocycles. The highest BCUT2D eigenvalue weighted by Gasteiger charge is 2.16. The number of aromatic carboxylic acids is 1. The average molecular weight is 262 g/mol. The second kappa shape index (κ2) is 5.40. The van der Waals surface area contributed by atoms with E-state index in [1.54, 1.807) is 18.2 Å². The highest BCUT2D eigenvalue weighted by atomic mass is 16.4. The van der Waals surface area contributed by atoms with E-state index in [1.807, 2.05) is 4.57 Å². The average Bonchev–Trinajstić information content (AvgIpc) is 2.76. The maximum absolute atomic E-state index is 11.0. The van der Waals surface area contributed by atoms with Gasteiger partial charge in [0, 0.05) is 12.5 Å². The van der Waals surface area contributed by atoms with E-state index in [0.29, 0.717) is 12.1 Å². The van der Waals surface area contributed by atoms with Gasteiger partial charge in [-0.1, -0.05) is 13.8 Å². The maximum Gasteiger partial charge on any atom is 0.335 e. The molecule has 0 radical (unpaired) electrons. The van der Waals surface area contributed by atoms with Crippen LogP contribution in [0, 0.1) is 0 Å². The Hall–Kier alpha value is -1.88. The number of carboxylic acids is 1. The third-order valence-electron chi connectivity index (χ3n) is 3.40. The molecule has 2 aromatic rings. The number of carboxylic acid groups (broad SMARTS) is 1. The molecular weight excluding hydrogens is 244 g/mol. The molecular formula is C14H18N2O3. The Balaban J connectivity index is 2.61. The molecule has 0 unspecified atom stereocenters. The molecule has 1 aromatic heterocycles. The fourth-order valence-corrected chi connectivity index (χ4v) is 2.18. The summed E-state index contributed by atoms with van der Waals surface area (Å²) in [5, 5.41) is 18.2. The van der Waals surface area contributed by atoms with Gasteiger partial charge in [0.05, 0.1) is 23.2 Å². The van der Waals surface area contributed by atoms with E-state index in [2.05, 4.69) is 18.8 Å². The molecule has 0 aliphatic rings. The molecule has 5 heteroatoms. The SMILES string of the molecule is CC[C@@H](C)c1nc2cc(C(=O)O)ccc2n1CCO. The van der Waals surface area contributed by atoms with Gasteiger partial charge in [0.1, 0.15) is 5.82 Å². The molecule has 1 atom stereocenters.